The Bertz CT molecular complexity index is 1790. The number of carbonyl (C=O) groups excluding carboxylic acids is 2. The summed E-state index contributed by atoms with van der Waals surface area (Å²) in [4.78, 5) is 26.4. The van der Waals surface area contributed by atoms with Gasteiger partial charge in [0.15, 0.2) is 0 Å². The van der Waals surface area contributed by atoms with E-state index in [1.807, 2.05) is 74.5 Å². The summed E-state index contributed by atoms with van der Waals surface area (Å²) < 4.78 is 8.69. The molecular formula is C34H29BrN2O3. The molecule has 0 radical (unpaired) electrons. The van der Waals surface area contributed by atoms with Gasteiger partial charge in [-0.15, -0.1) is 0 Å². The molecular weight excluding hydrogens is 564 g/mol. The highest BCUT2D eigenvalue weighted by Gasteiger charge is 2.26. The number of hydrogen-bond acceptors (Lipinski definition) is 3. The van der Waals surface area contributed by atoms with E-state index in [1.165, 1.54) is 5.56 Å². The van der Waals surface area contributed by atoms with Crippen LogP contribution in [0.3, 0.4) is 0 Å². The molecule has 40 heavy (non-hydrogen) atoms. The highest BCUT2D eigenvalue weighted by molar-refractivity contribution is 9.10. The van der Waals surface area contributed by atoms with E-state index in [0.717, 1.165) is 48.9 Å². The molecule has 6 heteroatoms. The Labute approximate surface area is 241 Å². The minimum atomic E-state index is -0.337. The van der Waals surface area contributed by atoms with Crippen LogP contribution < -0.4 is 5.32 Å². The fourth-order valence-electron chi connectivity index (χ4n) is 5.69. The third-order valence-electron chi connectivity index (χ3n) is 7.72. The van der Waals surface area contributed by atoms with Crippen LogP contribution in [0.2, 0.25) is 0 Å². The zero-order valence-corrected chi connectivity index (χ0v) is 24.2. The Balaban J connectivity index is 1.47. The normalized spacial score (nSPS) is 12.6. The first-order valence-corrected chi connectivity index (χ1v) is 14.2. The molecule has 5 nitrogen and oxygen atoms in total. The second-order valence-electron chi connectivity index (χ2n) is 10.2. The van der Waals surface area contributed by atoms with Gasteiger partial charge in [-0.25, -0.2) is 4.79 Å². The number of aromatic nitrogens is 1. The Hall–Kier alpha value is -4.16. The minimum Gasteiger partial charge on any atom is -0.462 e. The lowest BCUT2D eigenvalue weighted by Gasteiger charge is -2.21. The lowest BCUT2D eigenvalue weighted by molar-refractivity contribution is 0.0527. The molecule has 1 N–H and O–H groups in total. The fraction of sp³-hybridized carbons (Fsp3) is 0.176. The van der Waals surface area contributed by atoms with Gasteiger partial charge in [-0.1, -0.05) is 58.4 Å². The quantitative estimate of drug-likeness (QED) is 0.206. The van der Waals surface area contributed by atoms with Crippen molar-refractivity contribution in [2.45, 2.75) is 33.4 Å². The van der Waals surface area contributed by atoms with Gasteiger partial charge in [0.25, 0.3) is 5.91 Å². The first kappa shape index (κ1) is 26.1. The molecule has 6 rings (SSSR count). The van der Waals surface area contributed by atoms with Crippen molar-refractivity contribution in [2.75, 3.05) is 6.61 Å². The van der Waals surface area contributed by atoms with E-state index < -0.39 is 0 Å². The van der Waals surface area contributed by atoms with Gasteiger partial charge in [-0.3, -0.25) is 4.79 Å². The van der Waals surface area contributed by atoms with E-state index in [0.29, 0.717) is 24.3 Å². The molecule has 1 amide bonds. The van der Waals surface area contributed by atoms with Crippen LogP contribution in [0.25, 0.3) is 33.3 Å². The van der Waals surface area contributed by atoms with Crippen molar-refractivity contribution >= 4 is 38.7 Å². The largest absolute Gasteiger partial charge is 0.462 e. The third kappa shape index (κ3) is 4.52. The van der Waals surface area contributed by atoms with Gasteiger partial charge in [-0.2, -0.15) is 0 Å². The summed E-state index contributed by atoms with van der Waals surface area (Å²) in [5, 5.41) is 4.12. The number of aryl methyl sites for hydroxylation is 1. The highest BCUT2D eigenvalue weighted by Crippen LogP contribution is 2.41. The summed E-state index contributed by atoms with van der Waals surface area (Å²) in [5.74, 6) is -0.467. The predicted molar refractivity (Wildman–Crippen MR) is 163 cm³/mol. The standard InChI is InChI=1S/C34H29BrN2O3/c1-4-40-34(39)28-15-11-23-17-30(28)32-20(2)29-18-24(33(38)36-21(3)22-9-13-26(35)14-10-22)12-16-31(29)37(32)19-25-7-5-6-8-27(23)25/h5-18,21H,4,19H2,1-3H3,(H,36,38). The van der Waals surface area contributed by atoms with Crippen molar-refractivity contribution in [3.8, 4) is 22.4 Å². The number of rotatable bonds is 5. The van der Waals surface area contributed by atoms with Gasteiger partial charge in [0.1, 0.15) is 0 Å². The van der Waals surface area contributed by atoms with Crippen molar-refractivity contribution in [1.82, 2.24) is 9.88 Å². The first-order valence-electron chi connectivity index (χ1n) is 13.4. The van der Waals surface area contributed by atoms with E-state index in [9.17, 15) is 9.59 Å². The number of halogens is 1. The van der Waals surface area contributed by atoms with E-state index >= 15 is 0 Å². The van der Waals surface area contributed by atoms with Gasteiger partial charge in [0.2, 0.25) is 0 Å². The number of nitrogens with one attached hydrogen (secondary N) is 1. The molecule has 5 aromatic rings. The number of fused-ring (bicyclic) bond motifs is 8. The topological polar surface area (TPSA) is 60.3 Å². The van der Waals surface area contributed by atoms with Gasteiger partial charge in [0, 0.05) is 33.0 Å². The lowest BCUT2D eigenvalue weighted by atomic mass is 9.91. The second-order valence-corrected chi connectivity index (χ2v) is 11.1. The molecule has 0 saturated heterocycles. The number of hydrogen-bond donors (Lipinski definition) is 1. The third-order valence-corrected chi connectivity index (χ3v) is 8.25. The number of ether oxygens (including phenoxy) is 1. The van der Waals surface area contributed by atoms with Gasteiger partial charge < -0.3 is 14.6 Å². The molecule has 2 bridgehead atoms. The van der Waals surface area contributed by atoms with E-state index in [-0.39, 0.29) is 17.9 Å². The summed E-state index contributed by atoms with van der Waals surface area (Å²) in [7, 11) is 0. The molecule has 0 aliphatic carbocycles. The van der Waals surface area contributed by atoms with Crippen LogP contribution in [0.15, 0.2) is 89.4 Å². The molecule has 0 saturated carbocycles. The van der Waals surface area contributed by atoms with Crippen LogP contribution in [0.5, 0.6) is 0 Å². The second kappa shape index (κ2) is 10.4. The van der Waals surface area contributed by atoms with Crippen LogP contribution in [-0.2, 0) is 11.3 Å². The number of nitrogens with zero attached hydrogens (tertiary/aromatic N) is 1. The zero-order chi connectivity index (χ0) is 28.0. The average molecular weight is 594 g/mol. The minimum absolute atomic E-state index is 0.130. The average Bonchev–Trinajstić information content (AvgIpc) is 3.22. The van der Waals surface area contributed by atoms with Crippen molar-refractivity contribution in [3.05, 3.63) is 117 Å². The summed E-state index contributed by atoms with van der Waals surface area (Å²) in [6.07, 6.45) is 0. The molecule has 4 aromatic carbocycles. The molecule has 200 valence electrons. The SMILES string of the molecule is CCOC(=O)c1ccc2cc1-c1c(C)c3cc(C(=O)NC(C)c4ccc(Br)cc4)ccc3n1Cc1ccccc1-2. The summed E-state index contributed by atoms with van der Waals surface area (Å²) in [6.45, 7) is 6.82. The predicted octanol–water partition coefficient (Wildman–Crippen LogP) is 8.08. The van der Waals surface area contributed by atoms with Crippen LogP contribution in [0.1, 0.15) is 57.3 Å². The monoisotopic (exact) mass is 592 g/mol. The van der Waals surface area contributed by atoms with Crippen LogP contribution >= 0.6 is 15.9 Å². The summed E-state index contributed by atoms with van der Waals surface area (Å²) in [5.41, 5.74) is 9.42. The zero-order valence-electron chi connectivity index (χ0n) is 22.6. The van der Waals surface area contributed by atoms with Crippen LogP contribution in [-0.4, -0.2) is 23.1 Å². The maximum atomic E-state index is 13.3. The van der Waals surface area contributed by atoms with Crippen molar-refractivity contribution in [2.24, 2.45) is 0 Å². The van der Waals surface area contributed by atoms with Crippen molar-refractivity contribution in [1.29, 1.82) is 0 Å². The van der Waals surface area contributed by atoms with E-state index in [4.69, 9.17) is 4.74 Å². The molecule has 1 unspecified atom stereocenters. The number of benzene rings is 4. The fourth-order valence-corrected chi connectivity index (χ4v) is 5.96. The molecule has 1 aliphatic rings. The Morgan fingerprint density at radius 3 is 2.52 bits per heavy atom. The number of amides is 1. The number of carbonyl (C=O) groups is 2. The summed E-state index contributed by atoms with van der Waals surface area (Å²) >= 11 is 3.46. The van der Waals surface area contributed by atoms with Crippen LogP contribution in [0, 0.1) is 6.92 Å². The van der Waals surface area contributed by atoms with Gasteiger partial charge in [-0.05, 0) is 91.1 Å². The molecule has 1 aromatic heterocycles. The Morgan fingerprint density at radius 2 is 1.75 bits per heavy atom. The maximum Gasteiger partial charge on any atom is 0.338 e. The Kier molecular flexibility index (Phi) is 6.80. The van der Waals surface area contributed by atoms with Crippen molar-refractivity contribution < 1.29 is 14.3 Å². The molecule has 1 aliphatic heterocycles. The Morgan fingerprint density at radius 1 is 0.975 bits per heavy atom. The van der Waals surface area contributed by atoms with E-state index in [2.05, 4.69) is 57.0 Å². The molecule has 0 spiro atoms. The number of esters is 1. The van der Waals surface area contributed by atoms with Gasteiger partial charge >= 0.3 is 5.97 Å². The lowest BCUT2D eigenvalue weighted by Crippen LogP contribution is -2.26. The first-order chi connectivity index (χ1) is 19.4. The smallest absolute Gasteiger partial charge is 0.338 e. The van der Waals surface area contributed by atoms with Crippen LogP contribution in [0.4, 0.5) is 0 Å². The molecule has 2 heterocycles. The van der Waals surface area contributed by atoms with Gasteiger partial charge in [0.05, 0.1) is 23.9 Å². The molecule has 0 fully saturated rings. The maximum absolute atomic E-state index is 13.3. The highest BCUT2D eigenvalue weighted by atomic mass is 79.9. The molecule has 1 atom stereocenters. The van der Waals surface area contributed by atoms with Crippen molar-refractivity contribution in [3.63, 3.8) is 0 Å². The van der Waals surface area contributed by atoms with E-state index in [1.54, 1.807) is 0 Å². The summed E-state index contributed by atoms with van der Waals surface area (Å²) in [6, 6.07) is 28.0.